The Balaban J connectivity index is 2.43. The lowest BCUT2D eigenvalue weighted by molar-refractivity contribution is 1.20. The predicted octanol–water partition coefficient (Wildman–Crippen LogP) is 2.15. The van der Waals surface area contributed by atoms with Gasteiger partial charge in [-0.2, -0.15) is 0 Å². The first-order valence-electron chi connectivity index (χ1n) is 3.70. The summed E-state index contributed by atoms with van der Waals surface area (Å²) in [7, 11) is 0. The molecule has 0 fully saturated rings. The van der Waals surface area contributed by atoms with Crippen molar-refractivity contribution < 1.29 is 0 Å². The van der Waals surface area contributed by atoms with E-state index in [4.69, 9.17) is 0 Å². The highest BCUT2D eigenvalue weighted by Crippen LogP contribution is 2.19. The molecule has 0 aliphatic carbocycles. The van der Waals surface area contributed by atoms with Crippen LogP contribution in [-0.2, 0) is 0 Å². The number of thiazole rings is 1. The van der Waals surface area contributed by atoms with Crippen LogP contribution in [0.1, 0.15) is 11.4 Å². The summed E-state index contributed by atoms with van der Waals surface area (Å²) >= 11 is 1.61. The minimum Gasteiger partial charge on any atom is -0.340 e. The Bertz CT molecular complexity index is 350. The third kappa shape index (κ3) is 1.25. The van der Waals surface area contributed by atoms with Crippen molar-refractivity contribution in [2.75, 3.05) is 0 Å². The van der Waals surface area contributed by atoms with Gasteiger partial charge in [-0.05, 0) is 13.8 Å². The summed E-state index contributed by atoms with van der Waals surface area (Å²) in [5.74, 6) is 0.866. The summed E-state index contributed by atoms with van der Waals surface area (Å²) in [6.07, 6.45) is 1.81. The van der Waals surface area contributed by atoms with Crippen LogP contribution >= 0.6 is 11.3 Å². The molecule has 0 aromatic carbocycles. The van der Waals surface area contributed by atoms with E-state index in [1.165, 1.54) is 0 Å². The minimum atomic E-state index is 0.866. The first-order valence-corrected chi connectivity index (χ1v) is 4.58. The van der Waals surface area contributed by atoms with Crippen LogP contribution in [0.3, 0.4) is 0 Å². The molecule has 0 unspecified atom stereocenters. The van der Waals surface area contributed by atoms with Gasteiger partial charge in [0.1, 0.15) is 0 Å². The topological polar surface area (TPSA) is 41.6 Å². The van der Waals surface area contributed by atoms with Gasteiger partial charge >= 0.3 is 0 Å². The van der Waals surface area contributed by atoms with Crippen LogP contribution < -0.4 is 0 Å². The molecule has 1 N–H and O–H groups in total. The lowest BCUT2D eigenvalue weighted by Crippen LogP contribution is -1.79. The second kappa shape index (κ2) is 2.71. The van der Waals surface area contributed by atoms with Crippen LogP contribution in [0.15, 0.2) is 11.6 Å². The van der Waals surface area contributed by atoms with Crippen LogP contribution in [0.2, 0.25) is 0 Å². The fourth-order valence-electron chi connectivity index (χ4n) is 0.984. The van der Waals surface area contributed by atoms with Crippen molar-refractivity contribution in [2.24, 2.45) is 0 Å². The van der Waals surface area contributed by atoms with Crippen molar-refractivity contribution in [3.05, 3.63) is 23.0 Å². The molecule has 0 radical (unpaired) electrons. The highest BCUT2D eigenvalue weighted by molar-refractivity contribution is 7.13. The van der Waals surface area contributed by atoms with Crippen molar-refractivity contribution in [2.45, 2.75) is 13.8 Å². The van der Waals surface area contributed by atoms with E-state index in [2.05, 4.69) is 15.0 Å². The van der Waals surface area contributed by atoms with Crippen LogP contribution in [0.25, 0.3) is 10.8 Å². The molecule has 3 nitrogen and oxygen atoms in total. The molecule has 2 rings (SSSR count). The zero-order valence-corrected chi connectivity index (χ0v) is 7.77. The van der Waals surface area contributed by atoms with Crippen LogP contribution in [0.4, 0.5) is 0 Å². The van der Waals surface area contributed by atoms with E-state index in [-0.39, 0.29) is 0 Å². The molecule has 12 heavy (non-hydrogen) atoms. The van der Waals surface area contributed by atoms with Crippen molar-refractivity contribution in [3.8, 4) is 10.8 Å². The molecule has 2 heterocycles. The molecule has 0 aliphatic rings. The van der Waals surface area contributed by atoms with E-state index >= 15 is 0 Å². The Labute approximate surface area is 74.5 Å². The van der Waals surface area contributed by atoms with Gasteiger partial charge in [-0.15, -0.1) is 11.3 Å². The van der Waals surface area contributed by atoms with Crippen LogP contribution in [0.5, 0.6) is 0 Å². The second-order valence-corrected chi connectivity index (χ2v) is 3.57. The Morgan fingerprint density at radius 1 is 1.42 bits per heavy atom. The molecule has 0 saturated carbocycles. The normalized spacial score (nSPS) is 10.5. The molecule has 0 saturated heterocycles. The number of hydrogen-bond acceptors (Lipinski definition) is 3. The van der Waals surface area contributed by atoms with Crippen molar-refractivity contribution in [1.82, 2.24) is 15.0 Å². The summed E-state index contributed by atoms with van der Waals surface area (Å²) in [6.45, 7) is 3.97. The number of hydrogen-bond donors (Lipinski definition) is 1. The Morgan fingerprint density at radius 2 is 2.25 bits per heavy atom. The summed E-state index contributed by atoms with van der Waals surface area (Å²) in [5.41, 5.74) is 2.11. The Kier molecular flexibility index (Phi) is 1.69. The first kappa shape index (κ1) is 7.49. The summed E-state index contributed by atoms with van der Waals surface area (Å²) < 4.78 is 0. The molecule has 0 spiro atoms. The Morgan fingerprint density at radius 3 is 2.75 bits per heavy atom. The number of H-pyrrole nitrogens is 1. The molecule has 2 aromatic rings. The third-order valence-corrected chi connectivity index (χ3v) is 2.49. The zero-order valence-electron chi connectivity index (χ0n) is 6.96. The van der Waals surface area contributed by atoms with Crippen molar-refractivity contribution in [1.29, 1.82) is 0 Å². The molecule has 0 atom stereocenters. The lowest BCUT2D eigenvalue weighted by Gasteiger charge is -1.86. The van der Waals surface area contributed by atoms with Crippen LogP contribution in [0, 0.1) is 13.8 Å². The predicted molar refractivity (Wildman–Crippen MR) is 49.2 cm³/mol. The van der Waals surface area contributed by atoms with E-state index in [0.717, 1.165) is 22.2 Å². The van der Waals surface area contributed by atoms with Crippen LogP contribution in [-0.4, -0.2) is 15.0 Å². The van der Waals surface area contributed by atoms with Crippen molar-refractivity contribution in [3.63, 3.8) is 0 Å². The number of aromatic nitrogens is 3. The molecule has 62 valence electrons. The van der Waals surface area contributed by atoms with Gasteiger partial charge < -0.3 is 4.98 Å². The fraction of sp³-hybridized carbons (Fsp3) is 0.250. The molecular weight excluding hydrogens is 170 g/mol. The van der Waals surface area contributed by atoms with Gasteiger partial charge in [0.05, 0.1) is 0 Å². The molecule has 0 bridgehead atoms. The van der Waals surface area contributed by atoms with E-state index in [0.29, 0.717) is 0 Å². The fourth-order valence-corrected chi connectivity index (χ4v) is 1.73. The first-order chi connectivity index (χ1) is 5.75. The molecule has 0 aliphatic heterocycles. The monoisotopic (exact) mass is 179 g/mol. The lowest BCUT2D eigenvalue weighted by atomic mass is 10.5. The summed E-state index contributed by atoms with van der Waals surface area (Å²) in [5, 5.41) is 2.98. The highest BCUT2D eigenvalue weighted by atomic mass is 32.1. The second-order valence-electron chi connectivity index (χ2n) is 2.71. The van der Waals surface area contributed by atoms with Gasteiger partial charge in [0.2, 0.25) is 0 Å². The Hall–Kier alpha value is -1.16. The number of aryl methyl sites for hydroxylation is 2. The maximum Gasteiger partial charge on any atom is 0.166 e. The third-order valence-electron chi connectivity index (χ3n) is 1.52. The maximum atomic E-state index is 4.32. The van der Waals surface area contributed by atoms with Gasteiger partial charge in [-0.1, -0.05) is 0 Å². The van der Waals surface area contributed by atoms with E-state index in [1.54, 1.807) is 11.3 Å². The smallest absolute Gasteiger partial charge is 0.166 e. The number of imidazole rings is 1. The number of nitrogens with one attached hydrogen (secondary N) is 1. The maximum absolute atomic E-state index is 4.32. The van der Waals surface area contributed by atoms with Gasteiger partial charge in [0.25, 0.3) is 0 Å². The molecular formula is C8H9N3S. The van der Waals surface area contributed by atoms with E-state index in [1.807, 2.05) is 25.4 Å². The molecule has 2 aromatic heterocycles. The molecule has 0 amide bonds. The van der Waals surface area contributed by atoms with E-state index < -0.39 is 0 Å². The average Bonchev–Trinajstić information content (AvgIpc) is 2.58. The SMILES string of the molecule is Cc1csc(-c2ncc(C)[nH]2)n1. The van der Waals surface area contributed by atoms with Gasteiger partial charge in [0, 0.05) is 23.0 Å². The van der Waals surface area contributed by atoms with Gasteiger partial charge in [-0.25, -0.2) is 9.97 Å². The average molecular weight is 179 g/mol. The quantitative estimate of drug-likeness (QED) is 0.728. The zero-order chi connectivity index (χ0) is 8.55. The number of aromatic amines is 1. The number of rotatable bonds is 1. The standard InChI is InChI=1S/C8H9N3S/c1-5-3-9-7(10-5)8-11-6(2)4-12-8/h3-4H,1-2H3,(H,9,10). The number of nitrogens with zero attached hydrogens (tertiary/aromatic N) is 2. The van der Waals surface area contributed by atoms with Gasteiger partial charge in [0.15, 0.2) is 10.8 Å². The van der Waals surface area contributed by atoms with Gasteiger partial charge in [-0.3, -0.25) is 0 Å². The minimum absolute atomic E-state index is 0.866. The largest absolute Gasteiger partial charge is 0.340 e. The molecule has 4 heteroatoms. The summed E-state index contributed by atoms with van der Waals surface area (Å²) in [6, 6.07) is 0. The summed E-state index contributed by atoms with van der Waals surface area (Å²) in [4.78, 5) is 11.7. The van der Waals surface area contributed by atoms with E-state index in [9.17, 15) is 0 Å². The highest BCUT2D eigenvalue weighted by Gasteiger charge is 2.04. The van der Waals surface area contributed by atoms with Crippen molar-refractivity contribution >= 4 is 11.3 Å².